The van der Waals surface area contributed by atoms with Gasteiger partial charge in [-0.15, -0.1) is 0 Å². The van der Waals surface area contributed by atoms with Gasteiger partial charge in [0.15, 0.2) is 17.0 Å². The normalized spacial score (nSPS) is 24.9. The highest BCUT2D eigenvalue weighted by Gasteiger charge is 2.24. The van der Waals surface area contributed by atoms with Crippen LogP contribution in [0.5, 0.6) is 0 Å². The van der Waals surface area contributed by atoms with Gasteiger partial charge in [-0.25, -0.2) is 4.99 Å². The Balaban J connectivity index is 1.22. The Hall–Kier alpha value is -2.66. The molecule has 2 aromatic rings. The van der Waals surface area contributed by atoms with Gasteiger partial charge in [-0.05, 0) is 24.1 Å². The molecule has 0 amide bonds. The molecule has 0 aromatic heterocycles. The molecule has 0 bridgehead atoms. The number of guanidine groups is 2. The number of thioether (sulfide) groups is 2. The van der Waals surface area contributed by atoms with Crippen molar-refractivity contribution in [2.45, 2.75) is 22.3 Å². The van der Waals surface area contributed by atoms with E-state index >= 15 is 0 Å². The molecule has 0 spiro atoms. The van der Waals surface area contributed by atoms with Crippen molar-refractivity contribution in [2.24, 2.45) is 9.98 Å². The van der Waals surface area contributed by atoms with E-state index in [2.05, 4.69) is 74.7 Å². The minimum Gasteiger partial charge on any atom is -0.379 e. The molecule has 2 saturated heterocycles. The van der Waals surface area contributed by atoms with Gasteiger partial charge in [0.05, 0.1) is 13.2 Å². The van der Waals surface area contributed by atoms with Crippen molar-refractivity contribution >= 4 is 40.3 Å². The first-order valence-electron chi connectivity index (χ1n) is 11.9. The number of rotatable bonds is 8. The summed E-state index contributed by atoms with van der Waals surface area (Å²) < 4.78 is 5.44. The first-order valence-corrected chi connectivity index (χ1v) is 13.7. The molecule has 8 nitrogen and oxygen atoms in total. The van der Waals surface area contributed by atoms with Gasteiger partial charge in [0.1, 0.15) is 0 Å². The lowest BCUT2D eigenvalue weighted by molar-refractivity contribution is 0.0377. The smallest absolute Gasteiger partial charge is 0.203 e. The van der Waals surface area contributed by atoms with E-state index in [1.165, 1.54) is 15.4 Å². The zero-order chi connectivity index (χ0) is 23.7. The van der Waals surface area contributed by atoms with Gasteiger partial charge in [0.2, 0.25) is 5.96 Å². The van der Waals surface area contributed by atoms with E-state index in [4.69, 9.17) is 14.7 Å². The van der Waals surface area contributed by atoms with Crippen LogP contribution in [0.3, 0.4) is 0 Å². The number of aliphatic imine (C=N–C) groups is 2. The SMILES string of the molecule is C1=C(c2ccccc2)SC(/N=C2\NC(=NCCCN3CCOCC3)NC(Sc3ccccc3)N2)N1. The second kappa shape index (κ2) is 12.3. The Labute approximate surface area is 215 Å². The van der Waals surface area contributed by atoms with Gasteiger partial charge < -0.3 is 20.7 Å². The van der Waals surface area contributed by atoms with Gasteiger partial charge in [-0.3, -0.25) is 15.2 Å². The number of nitrogens with one attached hydrogen (secondary N) is 4. The summed E-state index contributed by atoms with van der Waals surface area (Å²) in [4.78, 5) is 14.5. The maximum atomic E-state index is 5.44. The largest absolute Gasteiger partial charge is 0.379 e. The van der Waals surface area contributed by atoms with E-state index in [1.54, 1.807) is 23.5 Å². The Morgan fingerprint density at radius 1 is 0.971 bits per heavy atom. The molecule has 3 aliphatic rings. The van der Waals surface area contributed by atoms with Crippen molar-refractivity contribution in [3.8, 4) is 0 Å². The van der Waals surface area contributed by atoms with Gasteiger partial charge in [-0.1, -0.05) is 72.1 Å². The van der Waals surface area contributed by atoms with Crippen LogP contribution in [0.4, 0.5) is 0 Å². The number of nitrogens with zero attached hydrogens (tertiary/aromatic N) is 3. The summed E-state index contributed by atoms with van der Waals surface area (Å²) in [5.41, 5.74) is 1.01. The van der Waals surface area contributed by atoms with Gasteiger partial charge in [-0.2, -0.15) is 0 Å². The lowest BCUT2D eigenvalue weighted by Crippen LogP contribution is -2.62. The number of benzene rings is 2. The zero-order valence-corrected chi connectivity index (χ0v) is 21.2. The lowest BCUT2D eigenvalue weighted by atomic mass is 10.2. The fraction of sp³-hybridized carbons (Fsp3) is 0.360. The third kappa shape index (κ3) is 7.17. The first kappa shape index (κ1) is 24.1. The summed E-state index contributed by atoms with van der Waals surface area (Å²) in [5, 5.41) is 13.6. The molecule has 2 unspecified atom stereocenters. The quantitative estimate of drug-likeness (QED) is 0.405. The number of hydrogen-bond acceptors (Lipinski definition) is 7. The van der Waals surface area contributed by atoms with E-state index in [9.17, 15) is 0 Å². The maximum Gasteiger partial charge on any atom is 0.203 e. The average Bonchev–Trinajstić information content (AvgIpc) is 3.37. The molecular formula is C25H31N7OS2. The van der Waals surface area contributed by atoms with Crippen LogP contribution in [0.25, 0.3) is 4.91 Å². The zero-order valence-electron chi connectivity index (χ0n) is 19.5. The van der Waals surface area contributed by atoms with Crippen molar-refractivity contribution in [3.63, 3.8) is 0 Å². The molecule has 2 atom stereocenters. The molecule has 2 aromatic carbocycles. The van der Waals surface area contributed by atoms with E-state index in [0.717, 1.165) is 51.8 Å². The Morgan fingerprint density at radius 3 is 2.51 bits per heavy atom. The second-order valence-electron chi connectivity index (χ2n) is 8.25. The predicted molar refractivity (Wildman–Crippen MR) is 146 cm³/mol. The minimum absolute atomic E-state index is 0.0802. The van der Waals surface area contributed by atoms with E-state index in [-0.39, 0.29) is 11.0 Å². The second-order valence-corrected chi connectivity index (χ2v) is 10.6. The van der Waals surface area contributed by atoms with Crippen LogP contribution in [0, 0.1) is 0 Å². The highest BCUT2D eigenvalue weighted by Crippen LogP contribution is 2.34. The summed E-state index contributed by atoms with van der Waals surface area (Å²) in [6, 6.07) is 20.7. The molecule has 0 saturated carbocycles. The summed E-state index contributed by atoms with van der Waals surface area (Å²) in [7, 11) is 0. The van der Waals surface area contributed by atoms with Crippen LogP contribution in [0.2, 0.25) is 0 Å². The molecule has 35 heavy (non-hydrogen) atoms. The number of ether oxygens (including phenoxy) is 1. The molecule has 4 N–H and O–H groups in total. The Kier molecular flexibility index (Phi) is 8.48. The molecule has 3 aliphatic heterocycles. The highest BCUT2D eigenvalue weighted by atomic mass is 32.2. The van der Waals surface area contributed by atoms with Crippen LogP contribution < -0.4 is 21.3 Å². The lowest BCUT2D eigenvalue weighted by Gasteiger charge is -2.30. The standard InChI is InChI=1S/C25H31N7OS2/c1-3-8-19(9-4-1)21-18-27-24(35-21)30-23-28-22(26-12-7-13-32-14-16-33-17-15-32)29-25(31-23)34-20-10-5-2-6-11-20/h1-6,8-11,18,24-25,27H,7,12-17H2,(H3,26,28,29,30,31). The molecule has 184 valence electrons. The molecule has 2 fully saturated rings. The highest BCUT2D eigenvalue weighted by molar-refractivity contribution is 8.09. The predicted octanol–water partition coefficient (Wildman–Crippen LogP) is 2.90. The summed E-state index contributed by atoms with van der Waals surface area (Å²) >= 11 is 3.40. The molecule has 0 radical (unpaired) electrons. The van der Waals surface area contributed by atoms with Crippen molar-refractivity contribution < 1.29 is 4.74 Å². The van der Waals surface area contributed by atoms with Crippen LogP contribution in [-0.4, -0.2) is 67.2 Å². The van der Waals surface area contributed by atoms with E-state index in [0.29, 0.717) is 5.96 Å². The van der Waals surface area contributed by atoms with Crippen molar-refractivity contribution in [2.75, 3.05) is 39.4 Å². The van der Waals surface area contributed by atoms with Crippen LogP contribution in [0.15, 0.2) is 81.7 Å². The van der Waals surface area contributed by atoms with Crippen molar-refractivity contribution in [1.82, 2.24) is 26.2 Å². The first-order chi connectivity index (χ1) is 17.3. The third-order valence-corrected chi connectivity index (χ3v) is 7.76. The monoisotopic (exact) mass is 509 g/mol. The number of morpholine rings is 1. The summed E-state index contributed by atoms with van der Waals surface area (Å²) in [5.74, 6) is 1.45. The third-order valence-electron chi connectivity index (χ3n) is 5.68. The molecule has 3 heterocycles. The average molecular weight is 510 g/mol. The topological polar surface area (TPSA) is 85.3 Å². The molecule has 10 heteroatoms. The van der Waals surface area contributed by atoms with E-state index < -0.39 is 0 Å². The number of hydrogen-bond donors (Lipinski definition) is 4. The van der Waals surface area contributed by atoms with Crippen LogP contribution >= 0.6 is 23.5 Å². The minimum atomic E-state index is -0.108. The van der Waals surface area contributed by atoms with Crippen molar-refractivity contribution in [3.05, 3.63) is 72.4 Å². The van der Waals surface area contributed by atoms with Crippen LogP contribution in [-0.2, 0) is 4.74 Å². The van der Waals surface area contributed by atoms with Gasteiger partial charge in [0, 0.05) is 42.2 Å². The summed E-state index contributed by atoms with van der Waals surface area (Å²) in [6.45, 7) is 5.46. The summed E-state index contributed by atoms with van der Waals surface area (Å²) in [6.07, 6.45) is 3.04. The van der Waals surface area contributed by atoms with E-state index in [1.807, 2.05) is 18.3 Å². The fourth-order valence-corrected chi connectivity index (χ4v) is 5.77. The Bertz CT molecular complexity index is 1040. The van der Waals surface area contributed by atoms with Gasteiger partial charge in [0.25, 0.3) is 0 Å². The van der Waals surface area contributed by atoms with Gasteiger partial charge >= 0.3 is 0 Å². The van der Waals surface area contributed by atoms with Crippen LogP contribution in [0.1, 0.15) is 12.0 Å². The maximum absolute atomic E-state index is 5.44. The molecular weight excluding hydrogens is 478 g/mol. The fourth-order valence-electron chi connectivity index (χ4n) is 3.90. The van der Waals surface area contributed by atoms with Crippen molar-refractivity contribution in [1.29, 1.82) is 0 Å². The molecule has 5 rings (SSSR count). The Morgan fingerprint density at radius 2 is 1.71 bits per heavy atom. The molecule has 0 aliphatic carbocycles.